The zero-order chi connectivity index (χ0) is 19.8. The number of allylic oxidation sites excluding steroid dienone is 1. The van der Waals surface area contributed by atoms with Crippen LogP contribution in [0.15, 0.2) is 58.6 Å². The summed E-state index contributed by atoms with van der Waals surface area (Å²) in [6.45, 7) is 0. The van der Waals surface area contributed by atoms with Gasteiger partial charge in [0.05, 0.1) is 10.7 Å². The van der Waals surface area contributed by atoms with Crippen LogP contribution in [0.2, 0.25) is 10.0 Å². The van der Waals surface area contributed by atoms with Crippen molar-refractivity contribution in [1.29, 1.82) is 0 Å². The monoisotopic (exact) mass is 427 g/mol. The van der Waals surface area contributed by atoms with Gasteiger partial charge in [0, 0.05) is 23.3 Å². The fraction of sp³-hybridized carbons (Fsp3) is 0.0588. The van der Waals surface area contributed by atoms with Crippen LogP contribution in [0.3, 0.4) is 0 Å². The Morgan fingerprint density at radius 2 is 1.93 bits per heavy atom. The molecule has 1 N–H and O–H groups in total. The van der Waals surface area contributed by atoms with Crippen molar-refractivity contribution in [2.45, 2.75) is 0 Å². The van der Waals surface area contributed by atoms with Crippen molar-refractivity contribution in [1.82, 2.24) is 4.31 Å². The van der Waals surface area contributed by atoms with Crippen molar-refractivity contribution in [2.75, 3.05) is 12.4 Å². The van der Waals surface area contributed by atoms with Gasteiger partial charge >= 0.3 is 10.2 Å². The molecule has 0 radical (unpaired) electrons. The van der Waals surface area contributed by atoms with Gasteiger partial charge in [-0.1, -0.05) is 35.3 Å². The highest BCUT2D eigenvalue weighted by molar-refractivity contribution is 7.88. The van der Waals surface area contributed by atoms with Crippen LogP contribution in [0.5, 0.6) is 0 Å². The van der Waals surface area contributed by atoms with E-state index in [4.69, 9.17) is 23.2 Å². The third-order valence-electron chi connectivity index (χ3n) is 3.70. The molecule has 6 nitrogen and oxygen atoms in total. The quantitative estimate of drug-likeness (QED) is 0.811. The zero-order valence-electron chi connectivity index (χ0n) is 13.8. The number of carbonyl (C=O) groups is 1. The molecule has 1 amide bonds. The van der Waals surface area contributed by atoms with E-state index in [9.17, 15) is 17.6 Å². The van der Waals surface area contributed by atoms with Gasteiger partial charge in [0.1, 0.15) is 11.5 Å². The Balaban J connectivity index is 1.98. The molecule has 10 heteroatoms. The standard InChI is InChI=1S/C17H12Cl2FN3O3S/c1-23-16(17(24)21-12-5-6-14(20)13(19)8-12)9-15(22-27(23,25)26)10-3-2-4-11(18)7-10/h2-9H,1H3,(H,21,24). The number of nitrogens with one attached hydrogen (secondary N) is 1. The first-order valence-electron chi connectivity index (χ1n) is 7.50. The van der Waals surface area contributed by atoms with Crippen molar-refractivity contribution in [3.8, 4) is 0 Å². The van der Waals surface area contributed by atoms with E-state index in [1.54, 1.807) is 18.2 Å². The normalized spacial score (nSPS) is 15.8. The average molecular weight is 428 g/mol. The van der Waals surface area contributed by atoms with Crippen molar-refractivity contribution in [3.05, 3.63) is 75.7 Å². The van der Waals surface area contributed by atoms with Crippen molar-refractivity contribution < 1.29 is 17.6 Å². The third-order valence-corrected chi connectivity index (χ3v) is 5.54. The first kappa shape index (κ1) is 19.3. The first-order chi connectivity index (χ1) is 12.7. The summed E-state index contributed by atoms with van der Waals surface area (Å²) in [4.78, 5) is 12.6. The number of amides is 1. The lowest BCUT2D eigenvalue weighted by atomic mass is 10.1. The number of hydrogen-bond acceptors (Lipinski definition) is 3. The molecule has 0 aliphatic carbocycles. The summed E-state index contributed by atoms with van der Waals surface area (Å²) in [6.07, 6.45) is 1.33. The number of rotatable bonds is 3. The maximum absolute atomic E-state index is 13.3. The molecule has 27 heavy (non-hydrogen) atoms. The lowest BCUT2D eigenvalue weighted by Gasteiger charge is -2.23. The number of anilines is 1. The molecule has 0 spiro atoms. The molecule has 3 rings (SSSR count). The van der Waals surface area contributed by atoms with E-state index in [0.29, 0.717) is 10.6 Å². The van der Waals surface area contributed by atoms with Crippen LogP contribution in [-0.4, -0.2) is 31.4 Å². The summed E-state index contributed by atoms with van der Waals surface area (Å²) in [5, 5.41) is 2.71. The van der Waals surface area contributed by atoms with Crippen molar-refractivity contribution in [3.63, 3.8) is 0 Å². The van der Waals surface area contributed by atoms with Crippen LogP contribution < -0.4 is 5.32 Å². The SMILES string of the molecule is CN1C(C(=O)Nc2ccc(F)c(Cl)c2)=CC(c2cccc(Cl)c2)=NS1(=O)=O. The maximum Gasteiger partial charge on any atom is 0.345 e. The van der Waals surface area contributed by atoms with Gasteiger partial charge in [-0.15, -0.1) is 4.40 Å². The summed E-state index contributed by atoms with van der Waals surface area (Å²) in [5.41, 5.74) is 0.553. The molecule has 1 aliphatic rings. The first-order valence-corrected chi connectivity index (χ1v) is 9.65. The van der Waals surface area contributed by atoms with Crippen LogP contribution in [0.4, 0.5) is 10.1 Å². The number of nitrogens with zero attached hydrogens (tertiary/aromatic N) is 2. The number of benzene rings is 2. The molecule has 0 saturated heterocycles. The van der Waals surface area contributed by atoms with Crippen molar-refractivity contribution >= 4 is 50.7 Å². The molecule has 1 aliphatic heterocycles. The molecule has 0 fully saturated rings. The molecule has 0 bridgehead atoms. The molecule has 2 aromatic carbocycles. The smallest absolute Gasteiger partial charge is 0.321 e. The second-order valence-corrected chi connectivity index (χ2v) is 8.01. The Labute approximate surface area is 165 Å². The van der Waals surface area contributed by atoms with E-state index in [2.05, 4.69) is 9.71 Å². The largest absolute Gasteiger partial charge is 0.345 e. The summed E-state index contributed by atoms with van der Waals surface area (Å²) < 4.78 is 42.4. The number of hydrogen-bond donors (Lipinski definition) is 1. The van der Waals surface area contributed by atoms with Crippen LogP contribution in [0, 0.1) is 5.82 Å². The van der Waals surface area contributed by atoms with Gasteiger partial charge in [0.25, 0.3) is 5.91 Å². The van der Waals surface area contributed by atoms with Crippen LogP contribution >= 0.6 is 23.2 Å². The Kier molecular flexibility index (Phi) is 5.23. The molecule has 0 atom stereocenters. The molecule has 1 heterocycles. The highest BCUT2D eigenvalue weighted by Gasteiger charge is 2.30. The minimum atomic E-state index is -4.11. The average Bonchev–Trinajstić information content (AvgIpc) is 2.60. The van der Waals surface area contributed by atoms with Gasteiger partial charge in [-0.2, -0.15) is 8.42 Å². The molecular weight excluding hydrogens is 416 g/mol. The second-order valence-electron chi connectivity index (χ2n) is 5.54. The number of carbonyl (C=O) groups excluding carboxylic acids is 1. The van der Waals surface area contributed by atoms with E-state index in [1.165, 1.54) is 31.3 Å². The van der Waals surface area contributed by atoms with E-state index in [0.717, 1.165) is 10.4 Å². The Hall–Kier alpha value is -2.42. The lowest BCUT2D eigenvalue weighted by molar-refractivity contribution is -0.113. The minimum Gasteiger partial charge on any atom is -0.321 e. The van der Waals surface area contributed by atoms with E-state index in [1.807, 2.05) is 0 Å². The summed E-state index contributed by atoms with van der Waals surface area (Å²) in [6, 6.07) is 10.0. The van der Waals surface area contributed by atoms with E-state index < -0.39 is 21.9 Å². The predicted octanol–water partition coefficient (Wildman–Crippen LogP) is 3.63. The Morgan fingerprint density at radius 3 is 2.59 bits per heavy atom. The minimum absolute atomic E-state index is 0.0675. The van der Waals surface area contributed by atoms with Gasteiger partial charge < -0.3 is 5.32 Å². The molecule has 2 aromatic rings. The summed E-state index contributed by atoms with van der Waals surface area (Å²) in [5.74, 6) is -1.36. The summed E-state index contributed by atoms with van der Waals surface area (Å²) in [7, 11) is -2.90. The highest BCUT2D eigenvalue weighted by Crippen LogP contribution is 2.24. The maximum atomic E-state index is 13.3. The highest BCUT2D eigenvalue weighted by atomic mass is 35.5. The zero-order valence-corrected chi connectivity index (χ0v) is 16.1. The summed E-state index contributed by atoms with van der Waals surface area (Å²) >= 11 is 11.6. The van der Waals surface area contributed by atoms with Gasteiger partial charge in [-0.3, -0.25) is 4.79 Å². The molecule has 0 saturated carbocycles. The number of likely N-dealkylation sites (N-methyl/N-ethyl adjacent to an activating group) is 1. The molecular formula is C17H12Cl2FN3O3S. The van der Waals surface area contributed by atoms with E-state index >= 15 is 0 Å². The molecule has 140 valence electrons. The third kappa shape index (κ3) is 4.13. The lowest BCUT2D eigenvalue weighted by Crippen LogP contribution is -2.35. The molecule has 0 aromatic heterocycles. The topological polar surface area (TPSA) is 78.8 Å². The van der Waals surface area contributed by atoms with Crippen molar-refractivity contribution in [2.24, 2.45) is 4.40 Å². The van der Waals surface area contributed by atoms with E-state index in [-0.39, 0.29) is 22.1 Å². The van der Waals surface area contributed by atoms with Gasteiger partial charge in [-0.25, -0.2) is 8.70 Å². The van der Waals surface area contributed by atoms with Gasteiger partial charge in [0.2, 0.25) is 0 Å². The van der Waals surface area contributed by atoms with Crippen LogP contribution in [-0.2, 0) is 15.0 Å². The van der Waals surface area contributed by atoms with Gasteiger partial charge in [0.15, 0.2) is 0 Å². The Bertz CT molecular complexity index is 1100. The predicted molar refractivity (Wildman–Crippen MR) is 103 cm³/mol. The van der Waals surface area contributed by atoms with Crippen LogP contribution in [0.25, 0.3) is 0 Å². The number of halogens is 3. The molecule has 0 unspecified atom stereocenters. The second kappa shape index (κ2) is 7.30. The fourth-order valence-corrected chi connectivity index (χ4v) is 3.60. The Morgan fingerprint density at radius 1 is 1.19 bits per heavy atom. The van der Waals surface area contributed by atoms with Gasteiger partial charge in [-0.05, 0) is 36.4 Å². The fourth-order valence-electron chi connectivity index (χ4n) is 2.32. The van der Waals surface area contributed by atoms with Crippen LogP contribution in [0.1, 0.15) is 5.56 Å².